The number of carbonyl (C=O) groups excluding carboxylic acids is 1. The molecule has 110 valence electrons. The van der Waals surface area contributed by atoms with Gasteiger partial charge in [0.2, 0.25) is 0 Å². The Morgan fingerprint density at radius 3 is 2.57 bits per heavy atom. The SMILES string of the molecule is CO[C@H](c1ccc(Cl)cc1)[C@H](C)NC(=O)c1cnccn1. The second-order valence-corrected chi connectivity index (χ2v) is 5.00. The van der Waals surface area contributed by atoms with Crippen LogP contribution in [0.3, 0.4) is 0 Å². The topological polar surface area (TPSA) is 64.1 Å². The van der Waals surface area contributed by atoms with Gasteiger partial charge in [0.25, 0.3) is 5.91 Å². The third-order valence-electron chi connectivity index (χ3n) is 3.06. The van der Waals surface area contributed by atoms with Crippen molar-refractivity contribution in [2.75, 3.05) is 7.11 Å². The lowest BCUT2D eigenvalue weighted by Crippen LogP contribution is -2.38. The van der Waals surface area contributed by atoms with E-state index in [1.54, 1.807) is 19.2 Å². The zero-order valence-corrected chi connectivity index (χ0v) is 12.5. The molecule has 0 aliphatic carbocycles. The highest BCUT2D eigenvalue weighted by molar-refractivity contribution is 6.30. The van der Waals surface area contributed by atoms with Gasteiger partial charge in [-0.1, -0.05) is 23.7 Å². The fourth-order valence-electron chi connectivity index (χ4n) is 2.05. The van der Waals surface area contributed by atoms with Gasteiger partial charge in [-0.3, -0.25) is 9.78 Å². The van der Waals surface area contributed by atoms with E-state index >= 15 is 0 Å². The van der Waals surface area contributed by atoms with Crippen LogP contribution in [-0.4, -0.2) is 29.0 Å². The van der Waals surface area contributed by atoms with Gasteiger partial charge in [0.05, 0.1) is 12.2 Å². The largest absolute Gasteiger partial charge is 0.375 e. The Morgan fingerprint density at radius 2 is 2.00 bits per heavy atom. The Labute approximate surface area is 128 Å². The van der Waals surface area contributed by atoms with Crippen LogP contribution in [0.1, 0.15) is 29.1 Å². The van der Waals surface area contributed by atoms with Crippen LogP contribution in [0.5, 0.6) is 0 Å². The fraction of sp³-hybridized carbons (Fsp3) is 0.267. The number of hydrogen-bond donors (Lipinski definition) is 1. The number of ether oxygens (including phenoxy) is 1. The van der Waals surface area contributed by atoms with Gasteiger partial charge in [-0.25, -0.2) is 4.98 Å². The van der Waals surface area contributed by atoms with Crippen molar-refractivity contribution in [3.63, 3.8) is 0 Å². The van der Waals surface area contributed by atoms with Gasteiger partial charge in [0.1, 0.15) is 11.8 Å². The number of nitrogens with zero attached hydrogens (tertiary/aromatic N) is 2. The summed E-state index contributed by atoms with van der Waals surface area (Å²) >= 11 is 5.88. The molecular weight excluding hydrogens is 290 g/mol. The highest BCUT2D eigenvalue weighted by Crippen LogP contribution is 2.22. The predicted molar refractivity (Wildman–Crippen MR) is 80.2 cm³/mol. The molecule has 2 rings (SSSR count). The molecule has 0 spiro atoms. The molecule has 2 aromatic rings. The summed E-state index contributed by atoms with van der Waals surface area (Å²) in [6.07, 6.45) is 4.15. The molecule has 0 radical (unpaired) electrons. The molecule has 0 fully saturated rings. The van der Waals surface area contributed by atoms with Crippen LogP contribution >= 0.6 is 11.6 Å². The maximum Gasteiger partial charge on any atom is 0.271 e. The van der Waals surface area contributed by atoms with Gasteiger partial charge in [-0.05, 0) is 24.6 Å². The Bertz CT molecular complexity index is 590. The van der Waals surface area contributed by atoms with E-state index in [1.807, 2.05) is 19.1 Å². The molecule has 1 heterocycles. The van der Waals surface area contributed by atoms with Crippen molar-refractivity contribution >= 4 is 17.5 Å². The lowest BCUT2D eigenvalue weighted by molar-refractivity contribution is 0.0642. The third kappa shape index (κ3) is 4.00. The van der Waals surface area contributed by atoms with Crippen molar-refractivity contribution in [2.45, 2.75) is 19.1 Å². The van der Waals surface area contributed by atoms with Crippen LogP contribution < -0.4 is 5.32 Å². The normalized spacial score (nSPS) is 13.5. The highest BCUT2D eigenvalue weighted by Gasteiger charge is 2.21. The van der Waals surface area contributed by atoms with E-state index in [1.165, 1.54) is 18.6 Å². The number of hydrogen-bond acceptors (Lipinski definition) is 4. The molecule has 1 amide bonds. The van der Waals surface area contributed by atoms with Crippen LogP contribution in [0.4, 0.5) is 0 Å². The van der Waals surface area contributed by atoms with Crippen LogP contribution in [0, 0.1) is 0 Å². The van der Waals surface area contributed by atoms with Gasteiger partial charge < -0.3 is 10.1 Å². The number of nitrogens with one attached hydrogen (secondary N) is 1. The van der Waals surface area contributed by atoms with E-state index < -0.39 is 0 Å². The number of benzene rings is 1. The third-order valence-corrected chi connectivity index (χ3v) is 3.31. The number of amides is 1. The molecule has 1 aromatic carbocycles. The van der Waals surface area contributed by atoms with E-state index in [0.29, 0.717) is 5.02 Å². The zero-order chi connectivity index (χ0) is 15.2. The minimum atomic E-state index is -0.286. The first-order valence-corrected chi connectivity index (χ1v) is 6.84. The summed E-state index contributed by atoms with van der Waals surface area (Å²) in [5.41, 5.74) is 1.21. The van der Waals surface area contributed by atoms with Gasteiger partial charge in [0.15, 0.2) is 0 Å². The summed E-state index contributed by atoms with van der Waals surface area (Å²) in [6.45, 7) is 1.87. The molecule has 5 nitrogen and oxygen atoms in total. The van der Waals surface area contributed by atoms with Gasteiger partial charge >= 0.3 is 0 Å². The molecule has 0 saturated carbocycles. The average molecular weight is 306 g/mol. The minimum absolute atomic E-state index is 0.231. The van der Waals surface area contributed by atoms with Gasteiger partial charge in [0, 0.05) is 24.5 Å². The second kappa shape index (κ2) is 7.15. The lowest BCUT2D eigenvalue weighted by Gasteiger charge is -2.24. The van der Waals surface area contributed by atoms with Crippen molar-refractivity contribution in [1.82, 2.24) is 15.3 Å². The second-order valence-electron chi connectivity index (χ2n) is 4.56. The number of aromatic nitrogens is 2. The van der Waals surface area contributed by atoms with Crippen molar-refractivity contribution in [3.8, 4) is 0 Å². The van der Waals surface area contributed by atoms with Gasteiger partial charge in [-0.15, -0.1) is 0 Å². The van der Waals surface area contributed by atoms with E-state index in [2.05, 4.69) is 15.3 Å². The van der Waals surface area contributed by atoms with Crippen molar-refractivity contribution < 1.29 is 9.53 Å². The summed E-state index contributed by atoms with van der Waals surface area (Å²) in [7, 11) is 1.60. The van der Waals surface area contributed by atoms with Crippen LogP contribution in [0.15, 0.2) is 42.9 Å². The first-order valence-electron chi connectivity index (χ1n) is 6.47. The minimum Gasteiger partial charge on any atom is -0.375 e. The van der Waals surface area contributed by atoms with Gasteiger partial charge in [-0.2, -0.15) is 0 Å². The van der Waals surface area contributed by atoms with Crippen molar-refractivity contribution in [3.05, 3.63) is 59.1 Å². The van der Waals surface area contributed by atoms with Crippen LogP contribution in [0.2, 0.25) is 5.02 Å². The maximum absolute atomic E-state index is 12.1. The molecule has 0 unspecified atom stereocenters. The van der Waals surface area contributed by atoms with Crippen molar-refractivity contribution in [2.24, 2.45) is 0 Å². The molecule has 0 saturated heterocycles. The zero-order valence-electron chi connectivity index (χ0n) is 11.8. The Hall–Kier alpha value is -1.98. The summed E-state index contributed by atoms with van der Waals surface area (Å²) in [4.78, 5) is 19.9. The molecule has 6 heteroatoms. The lowest BCUT2D eigenvalue weighted by atomic mass is 10.0. The monoisotopic (exact) mass is 305 g/mol. The van der Waals surface area contributed by atoms with Crippen LogP contribution in [0.25, 0.3) is 0 Å². The maximum atomic E-state index is 12.1. The Morgan fingerprint density at radius 1 is 1.29 bits per heavy atom. The number of methoxy groups -OCH3 is 1. The molecular formula is C15H16ClN3O2. The smallest absolute Gasteiger partial charge is 0.271 e. The van der Waals surface area contributed by atoms with E-state index in [9.17, 15) is 4.79 Å². The van der Waals surface area contributed by atoms with E-state index in [0.717, 1.165) is 5.56 Å². The molecule has 0 aliphatic heterocycles. The van der Waals surface area contributed by atoms with E-state index in [4.69, 9.17) is 16.3 Å². The Kier molecular flexibility index (Phi) is 5.25. The average Bonchev–Trinajstić information content (AvgIpc) is 2.50. The summed E-state index contributed by atoms with van der Waals surface area (Å²) < 4.78 is 5.48. The van der Waals surface area contributed by atoms with E-state index in [-0.39, 0.29) is 23.7 Å². The molecule has 21 heavy (non-hydrogen) atoms. The summed E-state index contributed by atoms with van der Waals surface area (Å²) in [5, 5.41) is 3.52. The number of rotatable bonds is 5. The highest BCUT2D eigenvalue weighted by atomic mass is 35.5. The first kappa shape index (κ1) is 15.4. The first-order chi connectivity index (χ1) is 10.1. The molecule has 1 N–H and O–H groups in total. The fourth-order valence-corrected chi connectivity index (χ4v) is 2.18. The van der Waals surface area contributed by atoms with Crippen LogP contribution in [-0.2, 0) is 4.74 Å². The summed E-state index contributed by atoms with van der Waals surface area (Å²) in [6, 6.07) is 7.11. The quantitative estimate of drug-likeness (QED) is 0.922. The summed E-state index contributed by atoms with van der Waals surface area (Å²) in [5.74, 6) is -0.286. The molecule has 0 aliphatic rings. The molecule has 1 aromatic heterocycles. The van der Waals surface area contributed by atoms with Crippen molar-refractivity contribution in [1.29, 1.82) is 0 Å². The number of halogens is 1. The standard InChI is InChI=1S/C15H16ClN3O2/c1-10(19-15(20)13-9-17-7-8-18-13)14(21-2)11-3-5-12(16)6-4-11/h3-10,14H,1-2H3,(H,19,20)/t10-,14-/m0/s1. The number of carbonyl (C=O) groups is 1. The molecule has 2 atom stereocenters. The molecule has 0 bridgehead atoms. The predicted octanol–water partition coefficient (Wildman–Crippen LogP) is 2.64. The Balaban J connectivity index is 2.08.